The molecule has 0 bridgehead atoms. The van der Waals surface area contributed by atoms with Crippen molar-refractivity contribution in [3.63, 3.8) is 0 Å². The second-order valence-corrected chi connectivity index (χ2v) is 7.14. The number of methoxy groups -OCH3 is 1. The average molecular weight is 403 g/mol. The van der Waals surface area contributed by atoms with Crippen LogP contribution in [0.4, 0.5) is 5.69 Å². The fourth-order valence-corrected chi connectivity index (χ4v) is 3.68. The van der Waals surface area contributed by atoms with Crippen LogP contribution in [0.2, 0.25) is 5.02 Å². The van der Waals surface area contributed by atoms with E-state index in [9.17, 15) is 4.79 Å². The number of aliphatic imine (C=N–C) groups is 1. The molecule has 140 valence electrons. The number of ether oxygens (including phenoxy) is 2. The molecule has 1 amide bonds. The molecule has 5 nitrogen and oxygen atoms in total. The van der Waals surface area contributed by atoms with Gasteiger partial charge in [0.25, 0.3) is 5.91 Å². The highest BCUT2D eigenvalue weighted by atomic mass is 35.5. The van der Waals surface area contributed by atoms with Crippen molar-refractivity contribution < 1.29 is 14.3 Å². The van der Waals surface area contributed by atoms with Gasteiger partial charge in [-0.05, 0) is 60.7 Å². The summed E-state index contributed by atoms with van der Waals surface area (Å²) in [4.78, 5) is 19.2. The number of halogens is 1. The van der Waals surface area contributed by atoms with Crippen molar-refractivity contribution in [3.05, 3.63) is 58.0 Å². The van der Waals surface area contributed by atoms with Gasteiger partial charge in [0.05, 0.1) is 24.3 Å². The fourth-order valence-electron chi connectivity index (χ4n) is 2.51. The zero-order valence-corrected chi connectivity index (χ0v) is 16.8. The Bertz CT molecular complexity index is 927. The number of amides is 1. The van der Waals surface area contributed by atoms with Crippen molar-refractivity contribution in [3.8, 4) is 11.5 Å². The van der Waals surface area contributed by atoms with E-state index in [-0.39, 0.29) is 5.91 Å². The molecular formula is C20H19ClN2O3S. The highest BCUT2D eigenvalue weighted by Crippen LogP contribution is 2.35. The van der Waals surface area contributed by atoms with E-state index in [2.05, 4.69) is 4.99 Å². The highest BCUT2D eigenvalue weighted by Gasteiger charge is 2.30. The van der Waals surface area contributed by atoms with Gasteiger partial charge in [-0.2, -0.15) is 0 Å². The smallest absolute Gasteiger partial charge is 0.266 e. The third-order valence-corrected chi connectivity index (χ3v) is 5.12. The van der Waals surface area contributed by atoms with Crippen LogP contribution >= 0.6 is 23.4 Å². The minimum atomic E-state index is -0.102. The lowest BCUT2D eigenvalue weighted by Gasteiger charge is -2.09. The minimum Gasteiger partial charge on any atom is -0.493 e. The molecule has 1 aliphatic heterocycles. The molecule has 0 aromatic heterocycles. The standard InChI is InChI=1S/C20H19ClN2O3S/c1-4-26-17-10-13(8-9-16(17)25-3)11-18-19(24)23(2)20(27-18)22-15-7-5-6-14(21)12-15/h5-12H,4H2,1-3H3/b18-11+,22-20?. The molecule has 3 rings (SSSR count). The van der Waals surface area contributed by atoms with E-state index >= 15 is 0 Å². The summed E-state index contributed by atoms with van der Waals surface area (Å²) in [6.07, 6.45) is 1.83. The predicted octanol–water partition coefficient (Wildman–Crippen LogP) is 4.98. The minimum absolute atomic E-state index is 0.102. The van der Waals surface area contributed by atoms with Gasteiger partial charge in [-0.3, -0.25) is 9.69 Å². The van der Waals surface area contributed by atoms with Crippen LogP contribution in [-0.4, -0.2) is 36.7 Å². The first-order chi connectivity index (χ1) is 13.0. The van der Waals surface area contributed by atoms with Gasteiger partial charge in [0, 0.05) is 12.1 Å². The lowest BCUT2D eigenvalue weighted by molar-refractivity contribution is -0.121. The van der Waals surface area contributed by atoms with Gasteiger partial charge in [0.15, 0.2) is 16.7 Å². The summed E-state index contributed by atoms with van der Waals surface area (Å²) in [5.41, 5.74) is 1.56. The van der Waals surface area contributed by atoms with E-state index < -0.39 is 0 Å². The number of hydrogen-bond donors (Lipinski definition) is 0. The Morgan fingerprint density at radius 1 is 1.22 bits per heavy atom. The molecule has 1 saturated heterocycles. The predicted molar refractivity (Wildman–Crippen MR) is 111 cm³/mol. The number of carbonyl (C=O) groups is 1. The molecule has 0 spiro atoms. The summed E-state index contributed by atoms with van der Waals surface area (Å²) in [6.45, 7) is 2.44. The molecule has 1 heterocycles. The first kappa shape index (κ1) is 19.3. The van der Waals surface area contributed by atoms with Crippen molar-refractivity contribution in [1.82, 2.24) is 4.90 Å². The van der Waals surface area contributed by atoms with Gasteiger partial charge in [0.1, 0.15) is 0 Å². The van der Waals surface area contributed by atoms with Crippen LogP contribution in [0.3, 0.4) is 0 Å². The first-order valence-electron chi connectivity index (χ1n) is 8.34. The summed E-state index contributed by atoms with van der Waals surface area (Å²) in [5.74, 6) is 1.20. The van der Waals surface area contributed by atoms with Gasteiger partial charge in [-0.15, -0.1) is 0 Å². The quantitative estimate of drug-likeness (QED) is 0.662. The number of carbonyl (C=O) groups excluding carboxylic acids is 1. The van der Waals surface area contributed by atoms with Gasteiger partial charge in [-0.25, -0.2) is 4.99 Å². The van der Waals surface area contributed by atoms with Crippen LogP contribution in [0.1, 0.15) is 12.5 Å². The third-order valence-electron chi connectivity index (χ3n) is 3.82. The zero-order valence-electron chi connectivity index (χ0n) is 15.2. The average Bonchev–Trinajstić information content (AvgIpc) is 2.90. The van der Waals surface area contributed by atoms with E-state index in [1.807, 2.05) is 43.3 Å². The van der Waals surface area contributed by atoms with E-state index in [0.717, 1.165) is 5.56 Å². The van der Waals surface area contributed by atoms with E-state index in [1.54, 1.807) is 26.3 Å². The molecule has 7 heteroatoms. The molecular weight excluding hydrogens is 384 g/mol. The highest BCUT2D eigenvalue weighted by molar-refractivity contribution is 8.18. The molecule has 0 saturated carbocycles. The Hall–Kier alpha value is -2.44. The van der Waals surface area contributed by atoms with Gasteiger partial charge < -0.3 is 9.47 Å². The van der Waals surface area contributed by atoms with Gasteiger partial charge in [-0.1, -0.05) is 23.7 Å². The molecule has 2 aromatic carbocycles. The number of thioether (sulfide) groups is 1. The van der Waals surface area contributed by atoms with Crippen LogP contribution in [0, 0.1) is 0 Å². The van der Waals surface area contributed by atoms with Crippen molar-refractivity contribution in [2.45, 2.75) is 6.92 Å². The lowest BCUT2D eigenvalue weighted by atomic mass is 10.2. The summed E-state index contributed by atoms with van der Waals surface area (Å²) < 4.78 is 10.9. The van der Waals surface area contributed by atoms with Crippen LogP contribution in [0.25, 0.3) is 6.08 Å². The number of likely N-dealkylation sites (N-methyl/N-ethyl adjacent to an activating group) is 1. The number of rotatable bonds is 5. The normalized spacial score (nSPS) is 17.0. The lowest BCUT2D eigenvalue weighted by Crippen LogP contribution is -2.23. The van der Waals surface area contributed by atoms with E-state index in [1.165, 1.54) is 16.7 Å². The van der Waals surface area contributed by atoms with E-state index in [0.29, 0.717) is 38.9 Å². The third kappa shape index (κ3) is 4.46. The van der Waals surface area contributed by atoms with E-state index in [4.69, 9.17) is 21.1 Å². The number of hydrogen-bond acceptors (Lipinski definition) is 5. The molecule has 27 heavy (non-hydrogen) atoms. The Kier molecular flexibility index (Phi) is 6.08. The second-order valence-electron chi connectivity index (χ2n) is 5.69. The first-order valence-corrected chi connectivity index (χ1v) is 9.54. The zero-order chi connectivity index (χ0) is 19.4. The van der Waals surface area contributed by atoms with Crippen molar-refractivity contribution in [1.29, 1.82) is 0 Å². The maximum Gasteiger partial charge on any atom is 0.266 e. The molecule has 0 N–H and O–H groups in total. The largest absolute Gasteiger partial charge is 0.493 e. The Balaban J connectivity index is 1.89. The van der Waals surface area contributed by atoms with Crippen molar-refractivity contribution >= 4 is 46.2 Å². The van der Waals surface area contributed by atoms with Crippen molar-refractivity contribution in [2.75, 3.05) is 20.8 Å². The molecule has 0 atom stereocenters. The Labute approximate surface area is 167 Å². The molecule has 0 aliphatic carbocycles. The fraction of sp³-hybridized carbons (Fsp3) is 0.200. The summed E-state index contributed by atoms with van der Waals surface area (Å²) in [5, 5.41) is 1.21. The van der Waals surface area contributed by atoms with Crippen LogP contribution < -0.4 is 9.47 Å². The maximum absolute atomic E-state index is 12.6. The maximum atomic E-state index is 12.6. The van der Waals surface area contributed by atoms with Crippen LogP contribution in [0.5, 0.6) is 11.5 Å². The molecule has 1 aliphatic rings. The SMILES string of the molecule is CCOc1cc(/C=C2/SC(=Nc3cccc(Cl)c3)N(C)C2=O)ccc1OC. The summed E-state index contributed by atoms with van der Waals surface area (Å²) in [7, 11) is 3.30. The topological polar surface area (TPSA) is 51.1 Å². The van der Waals surface area contributed by atoms with Gasteiger partial charge in [0.2, 0.25) is 0 Å². The molecule has 2 aromatic rings. The molecule has 0 radical (unpaired) electrons. The van der Waals surface area contributed by atoms with Crippen molar-refractivity contribution in [2.24, 2.45) is 4.99 Å². The van der Waals surface area contributed by atoms with Crippen LogP contribution in [0.15, 0.2) is 52.4 Å². The number of nitrogens with zero attached hydrogens (tertiary/aromatic N) is 2. The molecule has 1 fully saturated rings. The monoisotopic (exact) mass is 402 g/mol. The Morgan fingerprint density at radius 3 is 2.74 bits per heavy atom. The number of benzene rings is 2. The number of amidine groups is 1. The molecule has 0 unspecified atom stereocenters. The summed E-state index contributed by atoms with van der Waals surface area (Å²) >= 11 is 7.33. The second kappa shape index (κ2) is 8.50. The Morgan fingerprint density at radius 2 is 2.04 bits per heavy atom. The van der Waals surface area contributed by atoms with Gasteiger partial charge >= 0.3 is 0 Å². The summed E-state index contributed by atoms with van der Waals surface area (Å²) in [6, 6.07) is 12.8. The van der Waals surface area contributed by atoms with Crippen LogP contribution in [-0.2, 0) is 4.79 Å².